The van der Waals surface area contributed by atoms with Gasteiger partial charge in [0.1, 0.15) is 17.8 Å². The minimum Gasteiger partial charge on any atom is -0.357 e. The van der Waals surface area contributed by atoms with Crippen molar-refractivity contribution in [3.63, 3.8) is 0 Å². The summed E-state index contributed by atoms with van der Waals surface area (Å²) >= 11 is 0. The van der Waals surface area contributed by atoms with Crippen molar-refractivity contribution in [3.8, 4) is 0 Å². The van der Waals surface area contributed by atoms with E-state index < -0.39 is 17.4 Å². The van der Waals surface area contributed by atoms with Gasteiger partial charge in [-0.1, -0.05) is 0 Å². The van der Waals surface area contributed by atoms with Crippen LogP contribution in [-0.4, -0.2) is 39.7 Å². The zero-order valence-corrected chi connectivity index (χ0v) is 9.61. The van der Waals surface area contributed by atoms with Crippen molar-refractivity contribution in [1.82, 2.24) is 15.2 Å². The maximum Gasteiger partial charge on any atom is 0.271 e. The van der Waals surface area contributed by atoms with Gasteiger partial charge in [-0.3, -0.25) is 19.7 Å². The van der Waals surface area contributed by atoms with Gasteiger partial charge in [-0.05, 0) is 26.0 Å². The molecule has 1 saturated heterocycles. The molecule has 2 heterocycles. The number of H-pyrrole nitrogens is 1. The van der Waals surface area contributed by atoms with Crippen LogP contribution < -0.4 is 5.32 Å². The van der Waals surface area contributed by atoms with E-state index in [0.29, 0.717) is 5.69 Å². The predicted molar refractivity (Wildman–Crippen MR) is 59.1 cm³/mol. The van der Waals surface area contributed by atoms with Gasteiger partial charge >= 0.3 is 0 Å². The molecule has 0 aliphatic carbocycles. The average molecular weight is 235 g/mol. The lowest BCUT2D eigenvalue weighted by molar-refractivity contribution is -0.143. The molecular weight excluding hydrogens is 222 g/mol. The second-order valence-corrected chi connectivity index (χ2v) is 4.41. The molecule has 1 fully saturated rings. The quantitative estimate of drug-likeness (QED) is 0.666. The number of nitrogens with one attached hydrogen (secondary N) is 2. The van der Waals surface area contributed by atoms with E-state index in [1.807, 2.05) is 0 Å². The number of nitrogens with zero attached hydrogens (tertiary/aromatic N) is 1. The smallest absolute Gasteiger partial charge is 0.271 e. The minimum absolute atomic E-state index is 0.114. The highest BCUT2D eigenvalue weighted by Gasteiger charge is 2.43. The number of aromatic amines is 1. The Hall–Kier alpha value is -2.11. The standard InChI is InChI=1S/C11H13N3O3/c1-11(2)10(17)13-8(15)6-14(11)9(16)7-4-3-5-12-7/h3-5,12H,6H2,1-2H3,(H,13,15,17). The zero-order chi connectivity index (χ0) is 12.6. The molecule has 0 radical (unpaired) electrons. The first-order chi connectivity index (χ1) is 7.93. The largest absolute Gasteiger partial charge is 0.357 e. The molecule has 0 aromatic carbocycles. The molecule has 6 heteroatoms. The average Bonchev–Trinajstić information content (AvgIpc) is 2.76. The number of hydrogen-bond acceptors (Lipinski definition) is 3. The number of carbonyl (C=O) groups is 3. The summed E-state index contributed by atoms with van der Waals surface area (Å²) in [6.07, 6.45) is 1.62. The second-order valence-electron chi connectivity index (χ2n) is 4.41. The molecule has 3 amide bonds. The lowest BCUT2D eigenvalue weighted by Crippen LogP contribution is -2.65. The first-order valence-corrected chi connectivity index (χ1v) is 5.22. The van der Waals surface area contributed by atoms with E-state index in [-0.39, 0.29) is 12.5 Å². The number of rotatable bonds is 1. The van der Waals surface area contributed by atoms with Crippen molar-refractivity contribution in [2.24, 2.45) is 0 Å². The number of hydrogen-bond donors (Lipinski definition) is 2. The number of carbonyl (C=O) groups excluding carboxylic acids is 3. The third-order valence-corrected chi connectivity index (χ3v) is 2.86. The van der Waals surface area contributed by atoms with E-state index >= 15 is 0 Å². The van der Waals surface area contributed by atoms with Crippen molar-refractivity contribution in [1.29, 1.82) is 0 Å². The molecule has 1 aromatic heterocycles. The predicted octanol–water partition coefficient (Wildman–Crippen LogP) is -0.108. The topological polar surface area (TPSA) is 82.3 Å². The Morgan fingerprint density at radius 1 is 1.41 bits per heavy atom. The Morgan fingerprint density at radius 2 is 2.12 bits per heavy atom. The Morgan fingerprint density at radius 3 is 2.71 bits per heavy atom. The van der Waals surface area contributed by atoms with E-state index in [2.05, 4.69) is 10.3 Å². The van der Waals surface area contributed by atoms with Gasteiger partial charge in [0.15, 0.2) is 0 Å². The molecule has 1 aliphatic rings. The van der Waals surface area contributed by atoms with Gasteiger partial charge in [-0.25, -0.2) is 0 Å². The monoisotopic (exact) mass is 235 g/mol. The summed E-state index contributed by atoms with van der Waals surface area (Å²) in [5.74, 6) is -1.29. The van der Waals surface area contributed by atoms with Crippen LogP contribution in [0, 0.1) is 0 Å². The summed E-state index contributed by atoms with van der Waals surface area (Å²) in [6, 6.07) is 3.29. The van der Waals surface area contributed by atoms with Crippen LogP contribution in [0.3, 0.4) is 0 Å². The van der Waals surface area contributed by atoms with Gasteiger partial charge in [0.05, 0.1) is 0 Å². The van der Waals surface area contributed by atoms with Gasteiger partial charge < -0.3 is 9.88 Å². The van der Waals surface area contributed by atoms with Gasteiger partial charge in [-0.2, -0.15) is 0 Å². The molecule has 0 atom stereocenters. The maximum atomic E-state index is 12.1. The highest BCUT2D eigenvalue weighted by molar-refractivity contribution is 6.08. The van der Waals surface area contributed by atoms with E-state index in [9.17, 15) is 14.4 Å². The molecule has 0 saturated carbocycles. The molecule has 2 N–H and O–H groups in total. The minimum atomic E-state index is -1.03. The summed E-state index contributed by atoms with van der Waals surface area (Å²) < 4.78 is 0. The molecule has 1 aromatic rings. The number of piperazine rings is 1. The van der Waals surface area contributed by atoms with Crippen LogP contribution in [0.4, 0.5) is 0 Å². The van der Waals surface area contributed by atoms with E-state index in [1.165, 1.54) is 4.90 Å². The second kappa shape index (κ2) is 3.73. The Labute approximate surface area is 98.0 Å². The SMILES string of the molecule is CC1(C)C(=O)NC(=O)CN1C(=O)c1ccc[nH]1. The first-order valence-electron chi connectivity index (χ1n) is 5.22. The zero-order valence-electron chi connectivity index (χ0n) is 9.61. The molecule has 0 spiro atoms. The first kappa shape index (κ1) is 11.4. The molecule has 17 heavy (non-hydrogen) atoms. The third kappa shape index (κ3) is 1.82. The third-order valence-electron chi connectivity index (χ3n) is 2.86. The van der Waals surface area contributed by atoms with E-state index in [1.54, 1.807) is 32.2 Å². The fourth-order valence-corrected chi connectivity index (χ4v) is 1.72. The molecule has 6 nitrogen and oxygen atoms in total. The number of amides is 3. The highest BCUT2D eigenvalue weighted by Crippen LogP contribution is 2.20. The summed E-state index contributed by atoms with van der Waals surface area (Å²) in [5, 5.41) is 2.22. The normalized spacial score (nSPS) is 19.1. The molecule has 0 bridgehead atoms. The van der Waals surface area contributed by atoms with E-state index in [4.69, 9.17) is 0 Å². The van der Waals surface area contributed by atoms with Crippen molar-refractivity contribution < 1.29 is 14.4 Å². The van der Waals surface area contributed by atoms with Crippen LogP contribution in [0.1, 0.15) is 24.3 Å². The van der Waals surface area contributed by atoms with Crippen LogP contribution in [0.25, 0.3) is 0 Å². The highest BCUT2D eigenvalue weighted by atomic mass is 16.2. The summed E-state index contributed by atoms with van der Waals surface area (Å²) in [7, 11) is 0. The summed E-state index contributed by atoms with van der Waals surface area (Å²) in [4.78, 5) is 39.1. The van der Waals surface area contributed by atoms with Crippen LogP contribution in [0.5, 0.6) is 0 Å². The summed E-state index contributed by atoms with van der Waals surface area (Å²) in [6.45, 7) is 3.10. The van der Waals surface area contributed by atoms with Crippen molar-refractivity contribution >= 4 is 17.7 Å². The van der Waals surface area contributed by atoms with E-state index in [0.717, 1.165) is 0 Å². The summed E-state index contributed by atoms with van der Waals surface area (Å²) in [5.41, 5.74) is -0.670. The Balaban J connectivity index is 2.33. The molecular formula is C11H13N3O3. The van der Waals surface area contributed by atoms with Gasteiger partial charge in [0.25, 0.3) is 11.8 Å². The lowest BCUT2D eigenvalue weighted by atomic mass is 9.98. The number of imide groups is 1. The Kier molecular flexibility index (Phi) is 2.49. The van der Waals surface area contributed by atoms with Crippen LogP contribution >= 0.6 is 0 Å². The van der Waals surface area contributed by atoms with Gasteiger partial charge in [0, 0.05) is 6.20 Å². The number of aromatic nitrogens is 1. The lowest BCUT2D eigenvalue weighted by Gasteiger charge is -2.39. The van der Waals surface area contributed by atoms with Gasteiger partial charge in [0.2, 0.25) is 5.91 Å². The Bertz CT molecular complexity index is 476. The molecule has 2 rings (SSSR count). The van der Waals surface area contributed by atoms with Crippen LogP contribution in [0.15, 0.2) is 18.3 Å². The van der Waals surface area contributed by atoms with Gasteiger partial charge in [-0.15, -0.1) is 0 Å². The van der Waals surface area contributed by atoms with Crippen molar-refractivity contribution in [3.05, 3.63) is 24.0 Å². The fourth-order valence-electron chi connectivity index (χ4n) is 1.72. The molecule has 1 aliphatic heterocycles. The van der Waals surface area contributed by atoms with Crippen molar-refractivity contribution in [2.45, 2.75) is 19.4 Å². The van der Waals surface area contributed by atoms with Crippen molar-refractivity contribution in [2.75, 3.05) is 6.54 Å². The molecule has 90 valence electrons. The fraction of sp³-hybridized carbons (Fsp3) is 0.364. The van der Waals surface area contributed by atoms with Crippen LogP contribution in [0.2, 0.25) is 0 Å². The maximum absolute atomic E-state index is 12.1. The molecule has 0 unspecified atom stereocenters. The van der Waals surface area contributed by atoms with Crippen LogP contribution in [-0.2, 0) is 9.59 Å².